The van der Waals surface area contributed by atoms with Gasteiger partial charge in [0.15, 0.2) is 0 Å². The molecule has 6 heteroatoms. The van der Waals surface area contributed by atoms with Gasteiger partial charge in [-0.3, -0.25) is 0 Å². The Morgan fingerprint density at radius 1 is 0.611 bits per heavy atom. The van der Waals surface area contributed by atoms with Crippen molar-refractivity contribution in [2.45, 2.75) is 51.4 Å². The lowest BCUT2D eigenvalue weighted by Gasteiger charge is -2.34. The maximum atomic E-state index is 5.89. The summed E-state index contributed by atoms with van der Waals surface area (Å²) in [6, 6.07) is 16.7. The molecule has 1 aliphatic rings. The van der Waals surface area contributed by atoms with Crippen LogP contribution in [0.25, 0.3) is 0 Å². The molecular formula is C30H46IN3O2. The molecule has 0 spiro atoms. The first-order valence-corrected chi connectivity index (χ1v) is 14.9. The van der Waals surface area contributed by atoms with Crippen LogP contribution in [-0.4, -0.2) is 76.4 Å². The van der Waals surface area contributed by atoms with E-state index in [2.05, 4.69) is 99.9 Å². The highest BCUT2D eigenvalue weighted by atomic mass is 127. The number of hydrogen-bond donors (Lipinski definition) is 0. The number of hydrogen-bond acceptors (Lipinski definition) is 5. The van der Waals surface area contributed by atoms with Crippen molar-refractivity contribution in [1.29, 1.82) is 0 Å². The van der Waals surface area contributed by atoms with Gasteiger partial charge in [-0.2, -0.15) is 0 Å². The molecule has 0 bridgehead atoms. The lowest BCUT2D eigenvalue weighted by molar-refractivity contribution is 0.128. The fraction of sp³-hybridized carbons (Fsp3) is 0.600. The molecule has 0 radical (unpaired) electrons. The number of benzene rings is 2. The topological polar surface area (TPSA) is 28.2 Å². The van der Waals surface area contributed by atoms with Crippen molar-refractivity contribution in [3.8, 4) is 11.5 Å². The van der Waals surface area contributed by atoms with Gasteiger partial charge in [0.05, 0.1) is 13.2 Å². The highest BCUT2D eigenvalue weighted by molar-refractivity contribution is 14.1. The van der Waals surface area contributed by atoms with E-state index in [1.807, 2.05) is 0 Å². The molecule has 5 nitrogen and oxygen atoms in total. The molecule has 0 amide bonds. The zero-order chi connectivity index (χ0) is 25.4. The first-order valence-electron chi connectivity index (χ1n) is 13.8. The third-order valence-electron chi connectivity index (χ3n) is 6.91. The molecule has 0 aliphatic carbocycles. The first kappa shape index (κ1) is 29.1. The van der Waals surface area contributed by atoms with Crippen LogP contribution >= 0.6 is 22.6 Å². The van der Waals surface area contributed by atoms with E-state index in [1.54, 1.807) is 0 Å². The number of ether oxygens (including phenoxy) is 2. The Bertz CT molecular complexity index is 821. The van der Waals surface area contributed by atoms with Gasteiger partial charge in [0.1, 0.15) is 11.5 Å². The van der Waals surface area contributed by atoms with Crippen molar-refractivity contribution in [2.24, 2.45) is 0 Å². The maximum absolute atomic E-state index is 5.89. The fourth-order valence-electron chi connectivity index (χ4n) is 4.57. The molecule has 1 saturated heterocycles. The number of piperazine rings is 1. The normalized spacial score (nSPS) is 14.6. The summed E-state index contributed by atoms with van der Waals surface area (Å²) in [5.41, 5.74) is 1.21. The van der Waals surface area contributed by atoms with E-state index in [0.29, 0.717) is 0 Å². The molecule has 0 saturated carbocycles. The van der Waals surface area contributed by atoms with Gasteiger partial charge in [0, 0.05) is 49.5 Å². The summed E-state index contributed by atoms with van der Waals surface area (Å²) in [6.45, 7) is 9.08. The summed E-state index contributed by atoms with van der Waals surface area (Å²) in [5, 5.41) is 0. The van der Waals surface area contributed by atoms with Crippen LogP contribution < -0.4 is 14.4 Å². The largest absolute Gasteiger partial charge is 0.494 e. The minimum atomic E-state index is 0.819. The second-order valence-electron chi connectivity index (χ2n) is 10.1. The smallest absolute Gasteiger partial charge is 0.119 e. The van der Waals surface area contributed by atoms with Gasteiger partial charge in [-0.1, -0.05) is 25.7 Å². The SMILES string of the molecule is CN(C)c1ccc(OCCCCCCN2CCN(CCCCCCOc3ccc(I)cc3)CC2)cc1. The first-order chi connectivity index (χ1) is 17.6. The molecule has 0 atom stereocenters. The summed E-state index contributed by atoms with van der Waals surface area (Å²) in [5.74, 6) is 1.97. The molecule has 0 N–H and O–H groups in total. The number of unbranched alkanes of at least 4 members (excludes halogenated alkanes) is 6. The Morgan fingerprint density at radius 2 is 1.03 bits per heavy atom. The highest BCUT2D eigenvalue weighted by Gasteiger charge is 2.15. The summed E-state index contributed by atoms with van der Waals surface area (Å²) < 4.78 is 13.0. The molecule has 36 heavy (non-hydrogen) atoms. The lowest BCUT2D eigenvalue weighted by Crippen LogP contribution is -2.46. The van der Waals surface area contributed by atoms with Crippen molar-refractivity contribution in [3.63, 3.8) is 0 Å². The minimum Gasteiger partial charge on any atom is -0.494 e. The van der Waals surface area contributed by atoms with E-state index < -0.39 is 0 Å². The Labute approximate surface area is 233 Å². The van der Waals surface area contributed by atoms with Crippen LogP contribution in [0, 0.1) is 3.57 Å². The standard InChI is InChI=1S/C30H46IN3O2/c1-32(2)28-13-17-30(18-14-28)36-26-10-6-4-8-20-34-23-21-33(22-24-34)19-7-3-5-9-25-35-29-15-11-27(31)12-16-29/h11-18H,3-10,19-26H2,1-2H3. The van der Waals surface area contributed by atoms with Crippen LogP contribution in [0.5, 0.6) is 11.5 Å². The van der Waals surface area contributed by atoms with Crippen molar-refractivity contribution in [1.82, 2.24) is 9.80 Å². The van der Waals surface area contributed by atoms with Gasteiger partial charge in [-0.25, -0.2) is 0 Å². The zero-order valence-electron chi connectivity index (χ0n) is 22.5. The van der Waals surface area contributed by atoms with E-state index >= 15 is 0 Å². The van der Waals surface area contributed by atoms with Crippen LogP contribution in [0.2, 0.25) is 0 Å². The Kier molecular flexibility index (Phi) is 13.8. The van der Waals surface area contributed by atoms with Gasteiger partial charge in [0.25, 0.3) is 0 Å². The molecule has 200 valence electrons. The van der Waals surface area contributed by atoms with Crippen molar-refractivity contribution < 1.29 is 9.47 Å². The Morgan fingerprint density at radius 3 is 1.47 bits per heavy atom. The molecule has 3 rings (SSSR count). The fourth-order valence-corrected chi connectivity index (χ4v) is 4.93. The second kappa shape index (κ2) is 17.1. The number of rotatable bonds is 17. The zero-order valence-corrected chi connectivity index (χ0v) is 24.6. The molecular weight excluding hydrogens is 561 g/mol. The molecule has 0 unspecified atom stereocenters. The molecule has 1 heterocycles. The Hall–Kier alpha value is -1.51. The number of nitrogens with zero attached hydrogens (tertiary/aromatic N) is 3. The number of anilines is 1. The molecule has 0 aromatic heterocycles. The van der Waals surface area contributed by atoms with Crippen molar-refractivity contribution in [3.05, 3.63) is 52.1 Å². The van der Waals surface area contributed by atoms with E-state index in [1.165, 1.54) is 87.1 Å². The minimum absolute atomic E-state index is 0.819. The van der Waals surface area contributed by atoms with Gasteiger partial charge in [0.2, 0.25) is 0 Å². The average molecular weight is 608 g/mol. The maximum Gasteiger partial charge on any atom is 0.119 e. The quantitative estimate of drug-likeness (QED) is 0.150. The summed E-state index contributed by atoms with van der Waals surface area (Å²) in [4.78, 5) is 7.42. The molecule has 1 aliphatic heterocycles. The second-order valence-corrected chi connectivity index (χ2v) is 11.3. The van der Waals surface area contributed by atoms with Crippen LogP contribution in [-0.2, 0) is 0 Å². The number of halogens is 1. The van der Waals surface area contributed by atoms with Crippen LogP contribution in [0.1, 0.15) is 51.4 Å². The van der Waals surface area contributed by atoms with E-state index in [4.69, 9.17) is 9.47 Å². The molecule has 1 fully saturated rings. The van der Waals surface area contributed by atoms with E-state index in [9.17, 15) is 0 Å². The summed E-state index contributed by atoms with van der Waals surface area (Å²) >= 11 is 2.32. The molecule has 2 aromatic carbocycles. The van der Waals surface area contributed by atoms with Gasteiger partial charge < -0.3 is 24.2 Å². The van der Waals surface area contributed by atoms with Crippen LogP contribution in [0.4, 0.5) is 5.69 Å². The predicted octanol–water partition coefficient (Wildman–Crippen LogP) is 6.55. The Balaban J connectivity index is 1.10. The predicted molar refractivity (Wildman–Crippen MR) is 161 cm³/mol. The highest BCUT2D eigenvalue weighted by Crippen LogP contribution is 2.18. The van der Waals surface area contributed by atoms with Crippen LogP contribution in [0.15, 0.2) is 48.5 Å². The third kappa shape index (κ3) is 11.7. The van der Waals surface area contributed by atoms with Gasteiger partial charge >= 0.3 is 0 Å². The van der Waals surface area contributed by atoms with Crippen molar-refractivity contribution in [2.75, 3.05) is 71.5 Å². The van der Waals surface area contributed by atoms with Gasteiger partial charge in [-0.05, 0) is 110 Å². The third-order valence-corrected chi connectivity index (χ3v) is 7.63. The average Bonchev–Trinajstić information content (AvgIpc) is 2.89. The van der Waals surface area contributed by atoms with E-state index in [0.717, 1.165) is 37.6 Å². The monoisotopic (exact) mass is 607 g/mol. The van der Waals surface area contributed by atoms with Crippen LogP contribution in [0.3, 0.4) is 0 Å². The summed E-state index contributed by atoms with van der Waals surface area (Å²) in [6.07, 6.45) is 10.0. The molecule has 2 aromatic rings. The lowest BCUT2D eigenvalue weighted by atomic mass is 10.1. The van der Waals surface area contributed by atoms with Gasteiger partial charge in [-0.15, -0.1) is 0 Å². The van der Waals surface area contributed by atoms with E-state index in [-0.39, 0.29) is 0 Å². The summed E-state index contributed by atoms with van der Waals surface area (Å²) in [7, 11) is 4.12. The van der Waals surface area contributed by atoms with Crippen molar-refractivity contribution >= 4 is 28.3 Å².